The van der Waals surface area contributed by atoms with Crippen molar-refractivity contribution in [3.63, 3.8) is 0 Å². The molecule has 4 heteroatoms. The van der Waals surface area contributed by atoms with E-state index in [0.29, 0.717) is 6.54 Å². The highest BCUT2D eigenvalue weighted by atomic mass is 16.5. The van der Waals surface area contributed by atoms with Crippen LogP contribution in [0.25, 0.3) is 10.8 Å². The van der Waals surface area contributed by atoms with Gasteiger partial charge in [0, 0.05) is 31.7 Å². The third-order valence-electron chi connectivity index (χ3n) is 3.53. The minimum absolute atomic E-state index is 0.179. The Hall–Kier alpha value is -1.62. The minimum Gasteiger partial charge on any atom is -0.493 e. The summed E-state index contributed by atoms with van der Waals surface area (Å²) in [6, 6.07) is 12.6. The van der Waals surface area contributed by atoms with Gasteiger partial charge in [0.1, 0.15) is 5.75 Å². The molecule has 0 aliphatic rings. The van der Waals surface area contributed by atoms with Gasteiger partial charge < -0.3 is 20.5 Å². The number of nitrogens with one attached hydrogen (secondary N) is 2. The van der Waals surface area contributed by atoms with E-state index in [0.717, 1.165) is 38.4 Å². The van der Waals surface area contributed by atoms with Gasteiger partial charge in [-0.3, -0.25) is 0 Å². The van der Waals surface area contributed by atoms with E-state index in [2.05, 4.69) is 54.0 Å². The normalized spacial score (nSPS) is 11.0. The van der Waals surface area contributed by atoms with Crippen LogP contribution >= 0.6 is 0 Å². The maximum absolute atomic E-state index is 8.74. The Morgan fingerprint density at radius 3 is 2.64 bits per heavy atom. The van der Waals surface area contributed by atoms with Crippen molar-refractivity contribution in [2.75, 3.05) is 32.8 Å². The lowest BCUT2D eigenvalue weighted by Crippen LogP contribution is -2.29. The van der Waals surface area contributed by atoms with Crippen molar-refractivity contribution in [2.45, 2.75) is 19.9 Å². The molecule has 2 aromatic rings. The molecular formula is C18H26N2O2. The van der Waals surface area contributed by atoms with Crippen molar-refractivity contribution >= 4 is 10.8 Å². The average molecular weight is 302 g/mol. The molecule has 0 heterocycles. The number of benzene rings is 2. The van der Waals surface area contributed by atoms with E-state index in [9.17, 15) is 0 Å². The van der Waals surface area contributed by atoms with Crippen LogP contribution in [0, 0.1) is 0 Å². The molecule has 0 unspecified atom stereocenters. The second-order valence-electron chi connectivity index (χ2n) is 5.26. The van der Waals surface area contributed by atoms with Crippen LogP contribution in [0.4, 0.5) is 0 Å². The van der Waals surface area contributed by atoms with Crippen LogP contribution in [-0.2, 0) is 6.54 Å². The van der Waals surface area contributed by atoms with Crippen LogP contribution in [0.15, 0.2) is 36.4 Å². The molecule has 0 aliphatic heterocycles. The molecule has 0 spiro atoms. The Morgan fingerprint density at radius 2 is 1.82 bits per heavy atom. The predicted octanol–water partition coefficient (Wildman–Crippen LogP) is 2.30. The number of hydrogen-bond acceptors (Lipinski definition) is 4. The van der Waals surface area contributed by atoms with Crippen molar-refractivity contribution in [3.05, 3.63) is 42.0 Å². The molecule has 0 amide bonds. The highest BCUT2D eigenvalue weighted by Crippen LogP contribution is 2.28. The molecular weight excluding hydrogens is 276 g/mol. The maximum atomic E-state index is 8.74. The predicted molar refractivity (Wildman–Crippen MR) is 91.4 cm³/mol. The summed E-state index contributed by atoms with van der Waals surface area (Å²) in [7, 11) is 0. The SMILES string of the molecule is CCCOc1ccc2ccccc2c1CNCCNCCO. The van der Waals surface area contributed by atoms with Crippen molar-refractivity contribution in [3.8, 4) is 5.75 Å². The molecule has 120 valence electrons. The van der Waals surface area contributed by atoms with Crippen LogP contribution < -0.4 is 15.4 Å². The molecule has 0 saturated heterocycles. The van der Waals surface area contributed by atoms with Crippen molar-refractivity contribution in [2.24, 2.45) is 0 Å². The van der Waals surface area contributed by atoms with E-state index in [1.165, 1.54) is 16.3 Å². The van der Waals surface area contributed by atoms with Gasteiger partial charge in [-0.2, -0.15) is 0 Å². The quantitative estimate of drug-likeness (QED) is 0.590. The number of aliphatic hydroxyl groups excluding tert-OH is 1. The fourth-order valence-electron chi connectivity index (χ4n) is 2.44. The van der Waals surface area contributed by atoms with E-state index < -0.39 is 0 Å². The lowest BCUT2D eigenvalue weighted by molar-refractivity contribution is 0.292. The monoisotopic (exact) mass is 302 g/mol. The van der Waals surface area contributed by atoms with Crippen LogP contribution in [0.5, 0.6) is 5.75 Å². The Kier molecular flexibility index (Phi) is 7.16. The first-order chi connectivity index (χ1) is 10.9. The van der Waals surface area contributed by atoms with E-state index in [1.807, 2.05) is 0 Å². The molecule has 4 nitrogen and oxygen atoms in total. The topological polar surface area (TPSA) is 53.5 Å². The smallest absolute Gasteiger partial charge is 0.124 e. The van der Waals surface area contributed by atoms with E-state index in [4.69, 9.17) is 9.84 Å². The first kappa shape index (κ1) is 16.7. The standard InChI is InChI=1S/C18H26N2O2/c1-2-13-22-18-8-7-15-5-3-4-6-16(15)17(18)14-20-10-9-19-11-12-21/h3-8,19-21H,2,9-14H2,1H3. The summed E-state index contributed by atoms with van der Waals surface area (Å²) >= 11 is 0. The Morgan fingerprint density at radius 1 is 1.00 bits per heavy atom. The van der Waals surface area contributed by atoms with Gasteiger partial charge in [-0.15, -0.1) is 0 Å². The van der Waals surface area contributed by atoms with Gasteiger partial charge in [0.25, 0.3) is 0 Å². The van der Waals surface area contributed by atoms with Gasteiger partial charge in [-0.25, -0.2) is 0 Å². The number of hydrogen-bond donors (Lipinski definition) is 3. The molecule has 2 aromatic carbocycles. The van der Waals surface area contributed by atoms with Crippen molar-refractivity contribution in [1.82, 2.24) is 10.6 Å². The summed E-state index contributed by atoms with van der Waals surface area (Å²) in [5.41, 5.74) is 1.22. The molecule has 0 aliphatic carbocycles. The van der Waals surface area contributed by atoms with Gasteiger partial charge in [0.15, 0.2) is 0 Å². The van der Waals surface area contributed by atoms with Crippen molar-refractivity contribution < 1.29 is 9.84 Å². The molecule has 0 bridgehead atoms. The summed E-state index contributed by atoms with van der Waals surface area (Å²) in [6.45, 7) is 6.16. The van der Waals surface area contributed by atoms with Gasteiger partial charge in [0.2, 0.25) is 0 Å². The zero-order chi connectivity index (χ0) is 15.6. The lowest BCUT2D eigenvalue weighted by atomic mass is 10.0. The zero-order valence-electron chi connectivity index (χ0n) is 13.3. The van der Waals surface area contributed by atoms with Crippen LogP contribution in [0.2, 0.25) is 0 Å². The summed E-state index contributed by atoms with van der Waals surface area (Å²) in [5, 5.41) is 17.8. The number of rotatable bonds is 10. The van der Waals surface area contributed by atoms with Gasteiger partial charge in [-0.05, 0) is 23.3 Å². The summed E-state index contributed by atoms with van der Waals surface area (Å²) in [4.78, 5) is 0. The molecule has 3 N–H and O–H groups in total. The van der Waals surface area contributed by atoms with Crippen LogP contribution in [0.1, 0.15) is 18.9 Å². The Bertz CT molecular complexity index is 572. The molecule has 0 atom stereocenters. The summed E-state index contributed by atoms with van der Waals surface area (Å²) in [5.74, 6) is 0.969. The minimum atomic E-state index is 0.179. The van der Waals surface area contributed by atoms with E-state index in [1.54, 1.807) is 0 Å². The van der Waals surface area contributed by atoms with E-state index >= 15 is 0 Å². The van der Waals surface area contributed by atoms with Gasteiger partial charge in [0.05, 0.1) is 13.2 Å². The largest absolute Gasteiger partial charge is 0.493 e. The molecule has 0 radical (unpaired) electrons. The van der Waals surface area contributed by atoms with Gasteiger partial charge in [-0.1, -0.05) is 37.3 Å². The highest BCUT2D eigenvalue weighted by molar-refractivity contribution is 5.87. The van der Waals surface area contributed by atoms with Crippen LogP contribution in [-0.4, -0.2) is 38.0 Å². The van der Waals surface area contributed by atoms with E-state index in [-0.39, 0.29) is 6.61 Å². The Labute approximate surface area is 132 Å². The molecule has 0 fully saturated rings. The second kappa shape index (κ2) is 9.41. The van der Waals surface area contributed by atoms with Crippen LogP contribution in [0.3, 0.4) is 0 Å². The first-order valence-electron chi connectivity index (χ1n) is 8.02. The molecule has 0 saturated carbocycles. The zero-order valence-corrected chi connectivity index (χ0v) is 13.3. The molecule has 22 heavy (non-hydrogen) atoms. The fourth-order valence-corrected chi connectivity index (χ4v) is 2.44. The maximum Gasteiger partial charge on any atom is 0.124 e. The summed E-state index contributed by atoms with van der Waals surface area (Å²) < 4.78 is 5.90. The third kappa shape index (κ3) is 4.70. The molecule has 2 rings (SSSR count). The molecule has 0 aromatic heterocycles. The van der Waals surface area contributed by atoms with Crippen molar-refractivity contribution in [1.29, 1.82) is 0 Å². The number of ether oxygens (including phenoxy) is 1. The fraction of sp³-hybridized carbons (Fsp3) is 0.444. The summed E-state index contributed by atoms with van der Waals surface area (Å²) in [6.07, 6.45) is 1.00. The Balaban J connectivity index is 2.06. The third-order valence-corrected chi connectivity index (χ3v) is 3.53. The average Bonchev–Trinajstić information content (AvgIpc) is 2.56. The van der Waals surface area contributed by atoms with Gasteiger partial charge >= 0.3 is 0 Å². The number of aliphatic hydroxyl groups is 1. The first-order valence-corrected chi connectivity index (χ1v) is 8.02. The lowest BCUT2D eigenvalue weighted by Gasteiger charge is -2.15. The second-order valence-corrected chi connectivity index (χ2v) is 5.26. The number of fused-ring (bicyclic) bond motifs is 1. The highest BCUT2D eigenvalue weighted by Gasteiger charge is 2.08.